The Balaban J connectivity index is 2.19. The van der Waals surface area contributed by atoms with Crippen LogP contribution in [0.25, 0.3) is 0 Å². The summed E-state index contributed by atoms with van der Waals surface area (Å²) in [5.41, 5.74) is 2.77. The molecule has 3 nitrogen and oxygen atoms in total. The number of aliphatic hydroxyl groups excluding tert-OH is 1. The molecule has 0 spiro atoms. The van der Waals surface area contributed by atoms with Crippen LogP contribution in [-0.4, -0.2) is 10.1 Å². The molecule has 0 fully saturated rings. The number of aryl methyl sites for hydroxylation is 1. The van der Waals surface area contributed by atoms with Gasteiger partial charge in [0.25, 0.3) is 0 Å². The van der Waals surface area contributed by atoms with Crippen molar-refractivity contribution in [2.45, 2.75) is 26.6 Å². The standard InChI is InChI=1S/C15H16BrNO2/c1-10-4-3-7-17-14(10)9-19-15-8-12(16)5-6-13(15)11(2)18/h3-8,11,18H,9H2,1-2H3/t11-/m1/s1. The molecular weight excluding hydrogens is 306 g/mol. The molecule has 0 aliphatic heterocycles. The van der Waals surface area contributed by atoms with Crippen LogP contribution in [0.15, 0.2) is 41.0 Å². The largest absolute Gasteiger partial charge is 0.487 e. The van der Waals surface area contributed by atoms with Gasteiger partial charge in [-0.1, -0.05) is 28.1 Å². The summed E-state index contributed by atoms with van der Waals surface area (Å²) in [6, 6.07) is 9.51. The number of ether oxygens (including phenoxy) is 1. The molecule has 19 heavy (non-hydrogen) atoms. The minimum atomic E-state index is -0.562. The number of pyridine rings is 1. The quantitative estimate of drug-likeness (QED) is 0.931. The summed E-state index contributed by atoms with van der Waals surface area (Å²) in [4.78, 5) is 4.29. The third kappa shape index (κ3) is 3.55. The predicted octanol–water partition coefficient (Wildman–Crippen LogP) is 3.78. The molecule has 1 N–H and O–H groups in total. The van der Waals surface area contributed by atoms with Crippen molar-refractivity contribution in [2.75, 3.05) is 0 Å². The average molecular weight is 322 g/mol. The molecule has 1 heterocycles. The van der Waals surface area contributed by atoms with Crippen LogP contribution in [0.4, 0.5) is 0 Å². The van der Waals surface area contributed by atoms with Crippen LogP contribution in [0.5, 0.6) is 5.75 Å². The van der Waals surface area contributed by atoms with Crippen molar-refractivity contribution >= 4 is 15.9 Å². The summed E-state index contributed by atoms with van der Waals surface area (Å²) in [5, 5.41) is 9.74. The Morgan fingerprint density at radius 1 is 1.37 bits per heavy atom. The van der Waals surface area contributed by atoms with E-state index in [1.165, 1.54) is 0 Å². The van der Waals surface area contributed by atoms with Gasteiger partial charge in [0.05, 0.1) is 11.8 Å². The first-order chi connectivity index (χ1) is 9.08. The van der Waals surface area contributed by atoms with E-state index in [1.807, 2.05) is 37.3 Å². The van der Waals surface area contributed by atoms with Gasteiger partial charge in [-0.3, -0.25) is 4.98 Å². The van der Waals surface area contributed by atoms with Crippen LogP contribution in [0.3, 0.4) is 0 Å². The molecule has 0 saturated carbocycles. The number of halogens is 1. The lowest BCUT2D eigenvalue weighted by atomic mass is 10.1. The lowest BCUT2D eigenvalue weighted by molar-refractivity contribution is 0.189. The van der Waals surface area contributed by atoms with E-state index in [2.05, 4.69) is 20.9 Å². The lowest BCUT2D eigenvalue weighted by Crippen LogP contribution is -2.03. The second kappa shape index (κ2) is 6.17. The Morgan fingerprint density at radius 2 is 2.16 bits per heavy atom. The first-order valence-corrected chi connectivity index (χ1v) is 6.88. The summed E-state index contributed by atoms with van der Waals surface area (Å²) in [6.45, 7) is 4.12. The first-order valence-electron chi connectivity index (χ1n) is 6.08. The summed E-state index contributed by atoms with van der Waals surface area (Å²) in [6.07, 6.45) is 1.19. The topological polar surface area (TPSA) is 42.4 Å². The van der Waals surface area contributed by atoms with Gasteiger partial charge in [0.1, 0.15) is 12.4 Å². The van der Waals surface area contributed by atoms with Crippen molar-refractivity contribution in [3.05, 3.63) is 57.8 Å². The van der Waals surface area contributed by atoms with Gasteiger partial charge in [-0.05, 0) is 37.6 Å². The zero-order chi connectivity index (χ0) is 13.8. The van der Waals surface area contributed by atoms with E-state index in [9.17, 15) is 5.11 Å². The maximum absolute atomic E-state index is 9.74. The Labute approximate surface area is 121 Å². The van der Waals surface area contributed by atoms with E-state index in [0.29, 0.717) is 12.4 Å². The molecule has 0 radical (unpaired) electrons. The smallest absolute Gasteiger partial charge is 0.130 e. The fourth-order valence-electron chi connectivity index (χ4n) is 1.79. The van der Waals surface area contributed by atoms with Gasteiger partial charge in [-0.25, -0.2) is 0 Å². The molecule has 1 aromatic carbocycles. The zero-order valence-corrected chi connectivity index (χ0v) is 12.5. The number of nitrogens with zero attached hydrogens (tertiary/aromatic N) is 1. The summed E-state index contributed by atoms with van der Waals surface area (Å²) in [7, 11) is 0. The fourth-order valence-corrected chi connectivity index (χ4v) is 2.13. The molecule has 0 unspecified atom stereocenters. The minimum absolute atomic E-state index is 0.392. The van der Waals surface area contributed by atoms with Gasteiger partial charge >= 0.3 is 0 Å². The molecule has 1 aromatic heterocycles. The highest BCUT2D eigenvalue weighted by Gasteiger charge is 2.10. The second-order valence-electron chi connectivity index (χ2n) is 4.41. The molecule has 2 aromatic rings. The molecule has 2 rings (SSSR count). The van der Waals surface area contributed by atoms with Gasteiger partial charge in [0, 0.05) is 16.2 Å². The van der Waals surface area contributed by atoms with Crippen LogP contribution in [0.1, 0.15) is 29.8 Å². The summed E-state index contributed by atoms with van der Waals surface area (Å²) >= 11 is 3.41. The Kier molecular flexibility index (Phi) is 4.56. The normalized spacial score (nSPS) is 12.2. The highest BCUT2D eigenvalue weighted by atomic mass is 79.9. The highest BCUT2D eigenvalue weighted by molar-refractivity contribution is 9.10. The third-order valence-corrected chi connectivity index (χ3v) is 3.40. The molecule has 0 bridgehead atoms. The molecule has 0 saturated heterocycles. The van der Waals surface area contributed by atoms with Gasteiger partial charge < -0.3 is 9.84 Å². The predicted molar refractivity (Wildman–Crippen MR) is 78.1 cm³/mol. The number of rotatable bonds is 4. The van der Waals surface area contributed by atoms with Crippen molar-refractivity contribution < 1.29 is 9.84 Å². The number of aromatic nitrogens is 1. The van der Waals surface area contributed by atoms with E-state index >= 15 is 0 Å². The maximum atomic E-state index is 9.74. The van der Waals surface area contributed by atoms with Gasteiger partial charge in [-0.2, -0.15) is 0 Å². The van der Waals surface area contributed by atoms with Crippen molar-refractivity contribution in [1.82, 2.24) is 4.98 Å². The zero-order valence-electron chi connectivity index (χ0n) is 10.9. The lowest BCUT2D eigenvalue weighted by Gasteiger charge is -2.14. The van der Waals surface area contributed by atoms with Gasteiger partial charge in [0.2, 0.25) is 0 Å². The Hall–Kier alpha value is -1.39. The molecule has 0 amide bonds. The van der Waals surface area contributed by atoms with Crippen molar-refractivity contribution in [3.8, 4) is 5.75 Å². The number of benzene rings is 1. The van der Waals surface area contributed by atoms with Crippen LogP contribution in [-0.2, 0) is 6.61 Å². The average Bonchev–Trinajstić information content (AvgIpc) is 2.37. The van der Waals surface area contributed by atoms with E-state index in [4.69, 9.17) is 4.74 Å². The van der Waals surface area contributed by atoms with Crippen LogP contribution < -0.4 is 4.74 Å². The van der Waals surface area contributed by atoms with Gasteiger partial charge in [0.15, 0.2) is 0 Å². The maximum Gasteiger partial charge on any atom is 0.130 e. The molecule has 4 heteroatoms. The highest BCUT2D eigenvalue weighted by Crippen LogP contribution is 2.29. The van der Waals surface area contributed by atoms with E-state index in [1.54, 1.807) is 13.1 Å². The van der Waals surface area contributed by atoms with Crippen molar-refractivity contribution in [3.63, 3.8) is 0 Å². The molecule has 0 aliphatic rings. The Bertz CT molecular complexity index is 570. The molecule has 100 valence electrons. The molecule has 1 atom stereocenters. The molecule has 0 aliphatic carbocycles. The van der Waals surface area contributed by atoms with E-state index < -0.39 is 6.10 Å². The second-order valence-corrected chi connectivity index (χ2v) is 5.33. The SMILES string of the molecule is Cc1cccnc1COc1cc(Br)ccc1[C@@H](C)O. The van der Waals surface area contributed by atoms with Crippen LogP contribution in [0.2, 0.25) is 0 Å². The van der Waals surface area contributed by atoms with Gasteiger partial charge in [-0.15, -0.1) is 0 Å². The first kappa shape index (κ1) is 14.0. The molecular formula is C15H16BrNO2. The van der Waals surface area contributed by atoms with Crippen molar-refractivity contribution in [1.29, 1.82) is 0 Å². The minimum Gasteiger partial charge on any atom is -0.487 e. The monoisotopic (exact) mass is 321 g/mol. The van der Waals surface area contributed by atoms with E-state index in [-0.39, 0.29) is 0 Å². The number of aliphatic hydroxyl groups is 1. The third-order valence-electron chi connectivity index (χ3n) is 2.91. The van der Waals surface area contributed by atoms with Crippen molar-refractivity contribution in [2.24, 2.45) is 0 Å². The van der Waals surface area contributed by atoms with E-state index in [0.717, 1.165) is 21.3 Å². The summed E-state index contributed by atoms with van der Waals surface area (Å²) < 4.78 is 6.71. The fraction of sp³-hybridized carbons (Fsp3) is 0.267. The van der Waals surface area contributed by atoms with Crippen LogP contribution >= 0.6 is 15.9 Å². The number of hydrogen-bond acceptors (Lipinski definition) is 3. The summed E-state index contributed by atoms with van der Waals surface area (Å²) in [5.74, 6) is 0.675. The van der Waals surface area contributed by atoms with Crippen LogP contribution in [0, 0.1) is 6.92 Å². The Morgan fingerprint density at radius 3 is 2.84 bits per heavy atom. The number of hydrogen-bond donors (Lipinski definition) is 1.